The molecule has 5 nitrogen and oxygen atoms in total. The zero-order valence-corrected chi connectivity index (χ0v) is 11.9. The largest absolute Gasteiger partial charge is 0.444 e. The van der Waals surface area contributed by atoms with Crippen molar-refractivity contribution in [1.82, 2.24) is 10.2 Å². The van der Waals surface area contributed by atoms with E-state index >= 15 is 0 Å². The summed E-state index contributed by atoms with van der Waals surface area (Å²) in [5.41, 5.74) is 5.03. The van der Waals surface area contributed by atoms with Gasteiger partial charge in [0, 0.05) is 19.1 Å². The van der Waals surface area contributed by atoms with E-state index in [0.717, 1.165) is 45.4 Å². The highest BCUT2D eigenvalue weighted by Gasteiger charge is 2.29. The van der Waals surface area contributed by atoms with E-state index in [2.05, 4.69) is 5.32 Å². The molecule has 0 aliphatic carbocycles. The van der Waals surface area contributed by atoms with Crippen LogP contribution < -0.4 is 11.1 Å². The van der Waals surface area contributed by atoms with E-state index < -0.39 is 5.60 Å². The Kier molecular flexibility index (Phi) is 5.88. The summed E-state index contributed by atoms with van der Waals surface area (Å²) in [6, 6.07) is 0.398. The summed E-state index contributed by atoms with van der Waals surface area (Å²) in [6.45, 7) is 8.93. The SMILES string of the molecule is CC(C)(C)OC(=O)N1CCC(NCCCCN)C1. The Balaban J connectivity index is 2.22. The quantitative estimate of drug-likeness (QED) is 0.729. The number of rotatable bonds is 5. The molecule has 106 valence electrons. The fourth-order valence-corrected chi connectivity index (χ4v) is 1.99. The van der Waals surface area contributed by atoms with Gasteiger partial charge >= 0.3 is 6.09 Å². The minimum absolute atomic E-state index is 0.200. The van der Waals surface area contributed by atoms with Crippen LogP contribution in [0.2, 0.25) is 0 Å². The molecule has 0 aromatic carbocycles. The second kappa shape index (κ2) is 6.95. The minimum atomic E-state index is -0.413. The summed E-state index contributed by atoms with van der Waals surface area (Å²) >= 11 is 0. The lowest BCUT2D eigenvalue weighted by Gasteiger charge is -2.24. The van der Waals surface area contributed by atoms with Crippen LogP contribution in [0.5, 0.6) is 0 Å². The van der Waals surface area contributed by atoms with Crippen molar-refractivity contribution in [3.8, 4) is 0 Å². The Hall–Kier alpha value is -0.810. The third kappa shape index (κ3) is 5.69. The van der Waals surface area contributed by atoms with E-state index in [1.165, 1.54) is 0 Å². The van der Waals surface area contributed by atoms with Crippen molar-refractivity contribution < 1.29 is 9.53 Å². The zero-order chi connectivity index (χ0) is 13.6. The van der Waals surface area contributed by atoms with Crippen molar-refractivity contribution in [2.24, 2.45) is 5.73 Å². The van der Waals surface area contributed by atoms with Crippen LogP contribution in [0, 0.1) is 0 Å². The molecule has 0 radical (unpaired) electrons. The van der Waals surface area contributed by atoms with Crippen molar-refractivity contribution >= 4 is 6.09 Å². The van der Waals surface area contributed by atoms with E-state index in [1.54, 1.807) is 4.90 Å². The first-order valence-electron chi connectivity index (χ1n) is 6.84. The van der Waals surface area contributed by atoms with Crippen LogP contribution in [0.3, 0.4) is 0 Å². The number of likely N-dealkylation sites (tertiary alicyclic amines) is 1. The highest BCUT2D eigenvalue weighted by atomic mass is 16.6. The van der Waals surface area contributed by atoms with Gasteiger partial charge in [0.2, 0.25) is 0 Å². The van der Waals surface area contributed by atoms with Gasteiger partial charge in [0.05, 0.1) is 0 Å². The molecule has 5 heteroatoms. The lowest BCUT2D eigenvalue weighted by molar-refractivity contribution is 0.0291. The molecule has 3 N–H and O–H groups in total. The second-order valence-electron chi connectivity index (χ2n) is 5.86. The van der Waals surface area contributed by atoms with E-state index in [9.17, 15) is 4.79 Å². The molecule has 1 unspecified atom stereocenters. The molecule has 0 aromatic heterocycles. The number of hydrogen-bond donors (Lipinski definition) is 2. The Labute approximate surface area is 110 Å². The molecule has 18 heavy (non-hydrogen) atoms. The van der Waals surface area contributed by atoms with E-state index in [-0.39, 0.29) is 6.09 Å². The van der Waals surface area contributed by atoms with Gasteiger partial charge in [0.15, 0.2) is 0 Å². The van der Waals surface area contributed by atoms with Crippen molar-refractivity contribution in [3.63, 3.8) is 0 Å². The van der Waals surface area contributed by atoms with Gasteiger partial charge in [-0.2, -0.15) is 0 Å². The average molecular weight is 257 g/mol. The van der Waals surface area contributed by atoms with Crippen LogP contribution in [0.4, 0.5) is 4.79 Å². The van der Waals surface area contributed by atoms with Crippen LogP contribution in [0.1, 0.15) is 40.0 Å². The fraction of sp³-hybridized carbons (Fsp3) is 0.923. The zero-order valence-electron chi connectivity index (χ0n) is 11.9. The molecule has 0 spiro atoms. The first-order valence-corrected chi connectivity index (χ1v) is 6.84. The number of ether oxygens (including phenoxy) is 1. The standard InChI is InChI=1S/C13H27N3O2/c1-13(2,3)18-12(17)16-9-6-11(10-16)15-8-5-4-7-14/h11,15H,4-10,14H2,1-3H3. The molecule has 1 amide bonds. The van der Waals surface area contributed by atoms with Crippen LogP contribution in [0.25, 0.3) is 0 Å². The molecule has 1 heterocycles. The number of amides is 1. The second-order valence-corrected chi connectivity index (χ2v) is 5.86. The van der Waals surface area contributed by atoms with Crippen LogP contribution in [-0.2, 0) is 4.74 Å². The Bertz CT molecular complexity index is 263. The normalized spacial score (nSPS) is 20.2. The van der Waals surface area contributed by atoms with Crippen molar-refractivity contribution in [3.05, 3.63) is 0 Å². The van der Waals surface area contributed by atoms with Crippen LogP contribution >= 0.6 is 0 Å². The number of unbranched alkanes of at least 4 members (excludes halogenated alkanes) is 1. The fourth-order valence-electron chi connectivity index (χ4n) is 1.99. The van der Waals surface area contributed by atoms with Crippen molar-refractivity contribution in [1.29, 1.82) is 0 Å². The van der Waals surface area contributed by atoms with Crippen LogP contribution in [0.15, 0.2) is 0 Å². The van der Waals surface area contributed by atoms with Gasteiger partial charge in [-0.25, -0.2) is 4.79 Å². The van der Waals surface area contributed by atoms with Gasteiger partial charge in [-0.3, -0.25) is 0 Å². The maximum Gasteiger partial charge on any atom is 0.410 e. The van der Waals surface area contributed by atoms with E-state index in [1.807, 2.05) is 20.8 Å². The monoisotopic (exact) mass is 257 g/mol. The van der Waals surface area contributed by atoms with Crippen LogP contribution in [-0.4, -0.2) is 48.8 Å². The topological polar surface area (TPSA) is 67.6 Å². The number of hydrogen-bond acceptors (Lipinski definition) is 4. The molecule has 1 atom stereocenters. The number of nitrogens with one attached hydrogen (secondary N) is 1. The van der Waals surface area contributed by atoms with E-state index in [4.69, 9.17) is 10.5 Å². The molecule has 0 bridgehead atoms. The minimum Gasteiger partial charge on any atom is -0.444 e. The molecule has 1 saturated heterocycles. The molecular formula is C13H27N3O2. The van der Waals surface area contributed by atoms with E-state index in [0.29, 0.717) is 6.04 Å². The smallest absolute Gasteiger partial charge is 0.410 e. The summed E-state index contributed by atoms with van der Waals surface area (Å²) in [5.74, 6) is 0. The van der Waals surface area contributed by atoms with Gasteiger partial charge in [-0.1, -0.05) is 0 Å². The summed E-state index contributed by atoms with van der Waals surface area (Å²) in [4.78, 5) is 13.6. The highest BCUT2D eigenvalue weighted by molar-refractivity contribution is 5.68. The van der Waals surface area contributed by atoms with Crippen molar-refractivity contribution in [2.45, 2.75) is 51.7 Å². The molecule has 1 aliphatic rings. The van der Waals surface area contributed by atoms with Crippen molar-refractivity contribution in [2.75, 3.05) is 26.2 Å². The molecular weight excluding hydrogens is 230 g/mol. The molecule has 1 aliphatic heterocycles. The number of nitrogens with zero attached hydrogens (tertiary/aromatic N) is 1. The third-order valence-corrected chi connectivity index (χ3v) is 2.90. The molecule has 1 fully saturated rings. The Morgan fingerprint density at radius 3 is 2.78 bits per heavy atom. The Morgan fingerprint density at radius 2 is 2.17 bits per heavy atom. The first kappa shape index (κ1) is 15.2. The Morgan fingerprint density at radius 1 is 1.44 bits per heavy atom. The van der Waals surface area contributed by atoms with Gasteiger partial charge in [0.1, 0.15) is 5.60 Å². The number of carbonyl (C=O) groups excluding carboxylic acids is 1. The molecule has 0 aromatic rings. The number of nitrogens with two attached hydrogens (primary N) is 1. The maximum atomic E-state index is 11.8. The highest BCUT2D eigenvalue weighted by Crippen LogP contribution is 2.15. The summed E-state index contributed by atoms with van der Waals surface area (Å²) in [7, 11) is 0. The van der Waals surface area contributed by atoms with Gasteiger partial charge < -0.3 is 20.7 Å². The van der Waals surface area contributed by atoms with Gasteiger partial charge in [-0.15, -0.1) is 0 Å². The lowest BCUT2D eigenvalue weighted by atomic mass is 10.2. The van der Waals surface area contributed by atoms with Gasteiger partial charge in [-0.05, 0) is 53.1 Å². The first-order chi connectivity index (χ1) is 8.42. The maximum absolute atomic E-state index is 11.8. The lowest BCUT2D eigenvalue weighted by Crippen LogP contribution is -2.38. The van der Waals surface area contributed by atoms with Gasteiger partial charge in [0.25, 0.3) is 0 Å². The summed E-state index contributed by atoms with van der Waals surface area (Å²) < 4.78 is 5.36. The molecule has 0 saturated carbocycles. The summed E-state index contributed by atoms with van der Waals surface area (Å²) in [5, 5.41) is 3.46. The average Bonchev–Trinajstić information content (AvgIpc) is 2.71. The predicted octanol–water partition coefficient (Wildman–Crippen LogP) is 1.32. The third-order valence-electron chi connectivity index (χ3n) is 2.90. The predicted molar refractivity (Wildman–Crippen MR) is 72.5 cm³/mol. The molecule has 1 rings (SSSR count). The number of carbonyl (C=O) groups is 1. The summed E-state index contributed by atoms with van der Waals surface area (Å²) in [6.07, 6.45) is 2.95.